The van der Waals surface area contributed by atoms with Gasteiger partial charge in [-0.1, -0.05) is 23.7 Å². The lowest BCUT2D eigenvalue weighted by atomic mass is 9.90. The first-order valence-electron chi connectivity index (χ1n) is 10.9. The lowest BCUT2D eigenvalue weighted by molar-refractivity contribution is 0.0510. The largest absolute Gasteiger partial charge is 0.376 e. The number of hydrogen-bond donors (Lipinski definition) is 0. The van der Waals surface area contributed by atoms with E-state index in [-0.39, 0.29) is 12.0 Å². The summed E-state index contributed by atoms with van der Waals surface area (Å²) in [6.07, 6.45) is 7.51. The van der Waals surface area contributed by atoms with Gasteiger partial charge in [-0.05, 0) is 79.1 Å². The fraction of sp³-hybridized carbons (Fsp3) is 0.360. The number of carbonyl (C=O) groups excluding carboxylic acids is 1. The summed E-state index contributed by atoms with van der Waals surface area (Å²) in [7, 11) is 0. The van der Waals surface area contributed by atoms with E-state index >= 15 is 0 Å². The lowest BCUT2D eigenvalue weighted by Crippen LogP contribution is -2.42. The minimum atomic E-state index is 0.0777. The van der Waals surface area contributed by atoms with Crippen LogP contribution in [-0.2, 0) is 17.6 Å². The molecule has 2 aliphatic heterocycles. The van der Waals surface area contributed by atoms with Gasteiger partial charge in [0.25, 0.3) is 5.91 Å². The van der Waals surface area contributed by atoms with E-state index in [1.54, 1.807) is 6.20 Å². The van der Waals surface area contributed by atoms with Gasteiger partial charge in [0.1, 0.15) is 0 Å². The van der Waals surface area contributed by atoms with E-state index < -0.39 is 0 Å². The Balaban J connectivity index is 1.39. The highest BCUT2D eigenvalue weighted by Gasteiger charge is 2.30. The predicted molar refractivity (Wildman–Crippen MR) is 121 cm³/mol. The first-order valence-corrected chi connectivity index (χ1v) is 11.3. The summed E-state index contributed by atoms with van der Waals surface area (Å²) in [5.41, 5.74) is 6.11. The monoisotopic (exact) mass is 435 g/mol. The van der Waals surface area contributed by atoms with E-state index in [1.807, 2.05) is 21.8 Å². The zero-order valence-electron chi connectivity index (χ0n) is 17.7. The number of amides is 1. The van der Waals surface area contributed by atoms with E-state index in [0.29, 0.717) is 13.1 Å². The molecule has 0 aliphatic carbocycles. The molecule has 1 atom stereocenters. The molecule has 3 heterocycles. The number of fused-ring (bicyclic) bond motifs is 1. The summed E-state index contributed by atoms with van der Waals surface area (Å²) in [4.78, 5) is 15.2. The van der Waals surface area contributed by atoms with Gasteiger partial charge in [-0.3, -0.25) is 4.79 Å². The van der Waals surface area contributed by atoms with Crippen LogP contribution in [0.25, 0.3) is 5.69 Å². The van der Waals surface area contributed by atoms with Gasteiger partial charge in [-0.25, -0.2) is 4.68 Å². The maximum absolute atomic E-state index is 13.3. The van der Waals surface area contributed by atoms with Gasteiger partial charge in [0.2, 0.25) is 0 Å². The van der Waals surface area contributed by atoms with Gasteiger partial charge < -0.3 is 9.64 Å². The number of aromatic nitrogens is 2. The minimum Gasteiger partial charge on any atom is -0.376 e. The van der Waals surface area contributed by atoms with Crippen molar-refractivity contribution < 1.29 is 9.53 Å². The maximum atomic E-state index is 13.3. The Morgan fingerprint density at radius 2 is 2.10 bits per heavy atom. The Morgan fingerprint density at radius 3 is 2.81 bits per heavy atom. The lowest BCUT2D eigenvalue weighted by Gasteiger charge is -2.31. The van der Waals surface area contributed by atoms with Crippen molar-refractivity contribution in [2.45, 2.75) is 38.7 Å². The molecule has 31 heavy (non-hydrogen) atoms. The molecule has 160 valence electrons. The van der Waals surface area contributed by atoms with Crippen LogP contribution in [0.15, 0.2) is 48.8 Å². The molecule has 0 radical (unpaired) electrons. The second-order valence-electron chi connectivity index (χ2n) is 8.43. The molecule has 0 bridgehead atoms. The summed E-state index contributed by atoms with van der Waals surface area (Å²) < 4.78 is 7.59. The molecule has 3 aromatic rings. The fourth-order valence-corrected chi connectivity index (χ4v) is 4.93. The summed E-state index contributed by atoms with van der Waals surface area (Å²) >= 11 is 6.75. The number of ether oxygens (including phenoxy) is 1. The molecule has 1 saturated heterocycles. The normalized spacial score (nSPS) is 18.5. The number of hydrogen-bond acceptors (Lipinski definition) is 3. The Bertz CT molecular complexity index is 1090. The van der Waals surface area contributed by atoms with Crippen LogP contribution in [0.5, 0.6) is 0 Å². The Morgan fingerprint density at radius 1 is 1.26 bits per heavy atom. The number of nitrogens with zero attached hydrogens (tertiary/aromatic N) is 3. The van der Waals surface area contributed by atoms with Gasteiger partial charge in [0.05, 0.1) is 11.8 Å². The SMILES string of the molecule is Cc1c(Cc2ccc(-n3cccn3)cc2)cc2c(c1Cl)CCN(CC1CCCO1)C2=O. The molecule has 5 rings (SSSR count). The molecule has 0 N–H and O–H groups in total. The van der Waals surface area contributed by atoms with E-state index in [4.69, 9.17) is 16.3 Å². The van der Waals surface area contributed by atoms with Crippen molar-refractivity contribution in [3.05, 3.63) is 81.6 Å². The second kappa shape index (κ2) is 8.48. The number of rotatable bonds is 5. The Kier molecular flexibility index (Phi) is 5.55. The predicted octanol–water partition coefficient (Wildman–Crippen LogP) is 4.60. The standard InChI is InChI=1S/C25H26ClN3O2/c1-17-19(14-18-5-7-20(8-6-18)29-11-3-10-27-29)15-23-22(24(17)26)9-12-28(25(23)30)16-21-4-2-13-31-21/h3,5-8,10-11,15,21H,2,4,9,12-14,16H2,1H3. The van der Waals surface area contributed by atoms with Gasteiger partial charge in [0, 0.05) is 42.7 Å². The van der Waals surface area contributed by atoms with E-state index in [0.717, 1.165) is 65.3 Å². The third-order valence-corrected chi connectivity index (χ3v) is 6.93. The number of carbonyl (C=O) groups is 1. The van der Waals surface area contributed by atoms with Gasteiger partial charge in [-0.15, -0.1) is 0 Å². The molecule has 1 unspecified atom stereocenters. The average molecular weight is 436 g/mol. The van der Waals surface area contributed by atoms with Crippen molar-refractivity contribution in [3.63, 3.8) is 0 Å². The topological polar surface area (TPSA) is 47.4 Å². The van der Waals surface area contributed by atoms with Crippen LogP contribution in [0.2, 0.25) is 5.02 Å². The summed E-state index contributed by atoms with van der Waals surface area (Å²) in [6.45, 7) is 4.24. The molecule has 5 nitrogen and oxygen atoms in total. The summed E-state index contributed by atoms with van der Waals surface area (Å²) in [6, 6.07) is 12.3. The molecular weight excluding hydrogens is 410 g/mol. The number of benzene rings is 2. The highest BCUT2D eigenvalue weighted by atomic mass is 35.5. The minimum absolute atomic E-state index is 0.0777. The first kappa shape index (κ1) is 20.3. The molecule has 0 spiro atoms. The molecule has 1 fully saturated rings. The Hall–Kier alpha value is -2.63. The van der Waals surface area contributed by atoms with Crippen LogP contribution >= 0.6 is 11.6 Å². The van der Waals surface area contributed by atoms with Crippen LogP contribution in [0.4, 0.5) is 0 Å². The van der Waals surface area contributed by atoms with Gasteiger partial charge in [0.15, 0.2) is 0 Å². The summed E-state index contributed by atoms with van der Waals surface area (Å²) in [5.74, 6) is 0.0777. The summed E-state index contributed by atoms with van der Waals surface area (Å²) in [5, 5.41) is 5.02. The van der Waals surface area contributed by atoms with Crippen molar-refractivity contribution in [1.82, 2.24) is 14.7 Å². The Labute approximate surface area is 187 Å². The van der Waals surface area contributed by atoms with Crippen molar-refractivity contribution in [1.29, 1.82) is 0 Å². The highest BCUT2D eigenvalue weighted by molar-refractivity contribution is 6.32. The molecule has 1 amide bonds. The zero-order chi connectivity index (χ0) is 21.4. The van der Waals surface area contributed by atoms with E-state index in [1.165, 1.54) is 5.56 Å². The molecule has 0 saturated carbocycles. The average Bonchev–Trinajstić information content (AvgIpc) is 3.49. The van der Waals surface area contributed by atoms with Crippen LogP contribution in [0.3, 0.4) is 0 Å². The smallest absolute Gasteiger partial charge is 0.254 e. The van der Waals surface area contributed by atoms with Crippen molar-refractivity contribution in [2.24, 2.45) is 0 Å². The second-order valence-corrected chi connectivity index (χ2v) is 8.81. The number of halogens is 1. The maximum Gasteiger partial charge on any atom is 0.254 e. The van der Waals surface area contributed by atoms with Crippen molar-refractivity contribution in [3.8, 4) is 5.69 Å². The molecule has 1 aromatic heterocycles. The highest BCUT2D eigenvalue weighted by Crippen LogP contribution is 2.33. The van der Waals surface area contributed by atoms with Crippen molar-refractivity contribution >= 4 is 17.5 Å². The third kappa shape index (κ3) is 4.00. The zero-order valence-corrected chi connectivity index (χ0v) is 18.4. The fourth-order valence-electron chi connectivity index (χ4n) is 4.61. The molecular formula is C25H26ClN3O2. The van der Waals surface area contributed by atoms with Crippen molar-refractivity contribution in [2.75, 3.05) is 19.7 Å². The van der Waals surface area contributed by atoms with Gasteiger partial charge in [-0.2, -0.15) is 5.10 Å². The van der Waals surface area contributed by atoms with Crippen LogP contribution in [0, 0.1) is 6.92 Å². The third-order valence-electron chi connectivity index (χ3n) is 6.42. The van der Waals surface area contributed by atoms with Crippen LogP contribution < -0.4 is 0 Å². The van der Waals surface area contributed by atoms with E-state index in [2.05, 4.69) is 42.4 Å². The van der Waals surface area contributed by atoms with Crippen LogP contribution in [0.1, 0.15) is 45.5 Å². The molecule has 6 heteroatoms. The van der Waals surface area contributed by atoms with Gasteiger partial charge >= 0.3 is 0 Å². The first-order chi connectivity index (χ1) is 15.1. The van der Waals surface area contributed by atoms with Crippen LogP contribution in [-0.4, -0.2) is 46.4 Å². The van der Waals surface area contributed by atoms with E-state index in [9.17, 15) is 4.79 Å². The molecule has 2 aromatic carbocycles. The quantitative estimate of drug-likeness (QED) is 0.588. The molecule has 2 aliphatic rings.